The summed E-state index contributed by atoms with van der Waals surface area (Å²) in [6.45, 7) is 5.77. The van der Waals surface area contributed by atoms with Gasteiger partial charge in [-0.2, -0.15) is 0 Å². The highest BCUT2D eigenvalue weighted by molar-refractivity contribution is 9.09. The van der Waals surface area contributed by atoms with Gasteiger partial charge in [0.05, 0.1) is 0 Å². The zero-order chi connectivity index (χ0) is 10.3. The molecule has 80 valence electrons. The highest BCUT2D eigenvalue weighted by Crippen LogP contribution is 2.32. The fourth-order valence-corrected chi connectivity index (χ4v) is 2.93. The molecule has 1 nitrogen and oxygen atoms in total. The smallest absolute Gasteiger partial charge is 0.0100 e. The van der Waals surface area contributed by atoms with Crippen LogP contribution in [0.15, 0.2) is 0 Å². The van der Waals surface area contributed by atoms with Crippen LogP contribution in [0.5, 0.6) is 0 Å². The Labute approximate surface area is 92.0 Å². The lowest BCUT2D eigenvalue weighted by atomic mass is 9.81. The number of rotatable bonds is 7. The summed E-state index contributed by atoms with van der Waals surface area (Å²) in [5.41, 5.74) is 0.507. The first-order chi connectivity index (χ1) is 6.10. The molecule has 0 saturated carbocycles. The summed E-state index contributed by atoms with van der Waals surface area (Å²) in [6.07, 6.45) is 5.26. The maximum Gasteiger partial charge on any atom is 0.0100 e. The molecule has 0 heterocycles. The maximum atomic E-state index is 3.68. The van der Waals surface area contributed by atoms with Crippen LogP contribution in [0.4, 0.5) is 0 Å². The van der Waals surface area contributed by atoms with E-state index in [9.17, 15) is 0 Å². The van der Waals surface area contributed by atoms with Crippen LogP contribution < -0.4 is 0 Å². The highest BCUT2D eigenvalue weighted by atomic mass is 79.9. The number of halogens is 1. The van der Waals surface area contributed by atoms with Gasteiger partial charge in [0.25, 0.3) is 0 Å². The molecule has 0 unspecified atom stereocenters. The standard InChI is InChI=1S/C11H24BrN/c1-5-7-11(9-12,8-6-2)10-13(3)4/h5-10H2,1-4H3. The number of alkyl halides is 1. The number of hydrogen-bond acceptors (Lipinski definition) is 1. The van der Waals surface area contributed by atoms with E-state index in [-0.39, 0.29) is 0 Å². The zero-order valence-corrected chi connectivity index (χ0v) is 11.2. The lowest BCUT2D eigenvalue weighted by Gasteiger charge is -2.34. The van der Waals surface area contributed by atoms with Gasteiger partial charge in [0.1, 0.15) is 0 Å². The van der Waals surface area contributed by atoms with Crippen LogP contribution in [0.2, 0.25) is 0 Å². The Balaban J connectivity index is 4.24. The molecule has 2 heteroatoms. The molecule has 0 radical (unpaired) electrons. The van der Waals surface area contributed by atoms with Crippen molar-refractivity contribution in [1.29, 1.82) is 0 Å². The predicted octanol–water partition coefficient (Wildman–Crippen LogP) is 3.53. The van der Waals surface area contributed by atoms with E-state index < -0.39 is 0 Å². The lowest BCUT2D eigenvalue weighted by Crippen LogP contribution is -2.35. The second kappa shape index (κ2) is 6.83. The third kappa shape index (κ3) is 5.02. The molecular formula is C11H24BrN. The molecule has 0 aliphatic heterocycles. The first-order valence-electron chi connectivity index (χ1n) is 5.31. The van der Waals surface area contributed by atoms with E-state index in [1.807, 2.05) is 0 Å². The molecular weight excluding hydrogens is 226 g/mol. The van der Waals surface area contributed by atoms with E-state index in [1.54, 1.807) is 0 Å². The molecule has 0 saturated heterocycles. The van der Waals surface area contributed by atoms with E-state index >= 15 is 0 Å². The zero-order valence-electron chi connectivity index (χ0n) is 9.57. The first kappa shape index (κ1) is 13.4. The molecule has 0 fully saturated rings. The van der Waals surface area contributed by atoms with Crippen LogP contribution in [0, 0.1) is 5.41 Å². The quantitative estimate of drug-likeness (QED) is 0.625. The van der Waals surface area contributed by atoms with Crippen LogP contribution in [-0.2, 0) is 0 Å². The summed E-state index contributed by atoms with van der Waals surface area (Å²) < 4.78 is 0. The van der Waals surface area contributed by atoms with Gasteiger partial charge >= 0.3 is 0 Å². The molecule has 0 amide bonds. The Morgan fingerprint density at radius 2 is 1.54 bits per heavy atom. The van der Waals surface area contributed by atoms with Crippen LogP contribution in [0.3, 0.4) is 0 Å². The van der Waals surface area contributed by atoms with E-state index in [1.165, 1.54) is 32.2 Å². The third-order valence-corrected chi connectivity index (χ3v) is 3.69. The second-order valence-electron chi connectivity index (χ2n) is 4.37. The van der Waals surface area contributed by atoms with Crippen LogP contribution in [0.1, 0.15) is 39.5 Å². The normalized spacial score (nSPS) is 12.5. The number of nitrogens with zero attached hydrogens (tertiary/aromatic N) is 1. The molecule has 0 aromatic heterocycles. The Kier molecular flexibility index (Phi) is 7.06. The van der Waals surface area contributed by atoms with E-state index in [0.717, 1.165) is 5.33 Å². The average molecular weight is 250 g/mol. The fraction of sp³-hybridized carbons (Fsp3) is 1.00. The molecule has 0 aliphatic carbocycles. The van der Waals surface area contributed by atoms with Gasteiger partial charge in [0.15, 0.2) is 0 Å². The van der Waals surface area contributed by atoms with Gasteiger partial charge in [0.2, 0.25) is 0 Å². The van der Waals surface area contributed by atoms with Crippen molar-refractivity contribution in [1.82, 2.24) is 4.90 Å². The minimum Gasteiger partial charge on any atom is -0.309 e. The van der Waals surface area contributed by atoms with Crippen molar-refractivity contribution >= 4 is 15.9 Å². The van der Waals surface area contributed by atoms with Crippen molar-refractivity contribution < 1.29 is 0 Å². The lowest BCUT2D eigenvalue weighted by molar-refractivity contribution is 0.192. The summed E-state index contributed by atoms with van der Waals surface area (Å²) in [5, 5.41) is 1.14. The summed E-state index contributed by atoms with van der Waals surface area (Å²) in [6, 6.07) is 0. The van der Waals surface area contributed by atoms with E-state index in [0.29, 0.717) is 5.41 Å². The third-order valence-electron chi connectivity index (χ3n) is 2.50. The van der Waals surface area contributed by atoms with Crippen LogP contribution in [-0.4, -0.2) is 30.9 Å². The minimum atomic E-state index is 0.507. The maximum absolute atomic E-state index is 3.68. The Morgan fingerprint density at radius 3 is 1.77 bits per heavy atom. The van der Waals surface area contributed by atoms with Crippen molar-refractivity contribution in [3.05, 3.63) is 0 Å². The van der Waals surface area contributed by atoms with E-state index in [2.05, 4.69) is 48.8 Å². The Morgan fingerprint density at radius 1 is 1.08 bits per heavy atom. The van der Waals surface area contributed by atoms with Crippen molar-refractivity contribution in [3.63, 3.8) is 0 Å². The molecule has 0 spiro atoms. The Hall–Kier alpha value is 0.440. The number of hydrogen-bond donors (Lipinski definition) is 0. The molecule has 0 atom stereocenters. The molecule has 13 heavy (non-hydrogen) atoms. The van der Waals surface area contributed by atoms with Gasteiger partial charge in [-0.3, -0.25) is 0 Å². The fourth-order valence-electron chi connectivity index (χ4n) is 2.19. The second-order valence-corrected chi connectivity index (χ2v) is 4.93. The largest absolute Gasteiger partial charge is 0.309 e. The predicted molar refractivity (Wildman–Crippen MR) is 64.6 cm³/mol. The van der Waals surface area contributed by atoms with Crippen molar-refractivity contribution in [3.8, 4) is 0 Å². The monoisotopic (exact) mass is 249 g/mol. The molecule has 0 bridgehead atoms. The molecule has 0 rings (SSSR count). The van der Waals surface area contributed by atoms with Gasteiger partial charge in [-0.15, -0.1) is 0 Å². The van der Waals surface area contributed by atoms with E-state index in [4.69, 9.17) is 0 Å². The summed E-state index contributed by atoms with van der Waals surface area (Å²) in [4.78, 5) is 2.31. The van der Waals surface area contributed by atoms with Crippen LogP contribution >= 0.6 is 15.9 Å². The molecule has 0 aliphatic rings. The van der Waals surface area contributed by atoms with Crippen LogP contribution in [0.25, 0.3) is 0 Å². The topological polar surface area (TPSA) is 3.24 Å². The van der Waals surface area contributed by atoms with Gasteiger partial charge in [-0.25, -0.2) is 0 Å². The molecule has 0 aromatic carbocycles. The molecule has 0 N–H and O–H groups in total. The summed E-state index contributed by atoms with van der Waals surface area (Å²) in [7, 11) is 4.34. The van der Waals surface area contributed by atoms with Crippen molar-refractivity contribution in [2.24, 2.45) is 5.41 Å². The minimum absolute atomic E-state index is 0.507. The van der Waals surface area contributed by atoms with Gasteiger partial charge in [-0.05, 0) is 32.4 Å². The SMILES string of the molecule is CCCC(CBr)(CCC)CN(C)C. The Bertz CT molecular complexity index is 117. The first-order valence-corrected chi connectivity index (χ1v) is 6.43. The molecule has 0 aromatic rings. The van der Waals surface area contributed by atoms with Gasteiger partial charge in [-0.1, -0.05) is 42.6 Å². The highest BCUT2D eigenvalue weighted by Gasteiger charge is 2.27. The summed E-state index contributed by atoms with van der Waals surface area (Å²) in [5.74, 6) is 0. The van der Waals surface area contributed by atoms with Gasteiger partial charge < -0.3 is 4.90 Å². The van der Waals surface area contributed by atoms with Gasteiger partial charge in [0, 0.05) is 11.9 Å². The summed E-state index contributed by atoms with van der Waals surface area (Å²) >= 11 is 3.68. The average Bonchev–Trinajstić information content (AvgIpc) is 2.04. The van der Waals surface area contributed by atoms with Crippen molar-refractivity contribution in [2.75, 3.05) is 26.0 Å². The van der Waals surface area contributed by atoms with Crippen molar-refractivity contribution in [2.45, 2.75) is 39.5 Å².